The van der Waals surface area contributed by atoms with Gasteiger partial charge in [0.2, 0.25) is 0 Å². The first kappa shape index (κ1) is 10.6. The van der Waals surface area contributed by atoms with E-state index < -0.39 is 6.10 Å². The fourth-order valence-corrected chi connectivity index (χ4v) is 2.15. The number of aliphatic hydroxyl groups is 1. The van der Waals surface area contributed by atoms with Gasteiger partial charge in [-0.05, 0) is 26.3 Å². The monoisotopic (exact) mass is 209 g/mol. The summed E-state index contributed by atoms with van der Waals surface area (Å²) in [5, 5.41) is 13.2. The molecule has 1 aliphatic heterocycles. The molecule has 1 fully saturated rings. The molecule has 0 amide bonds. The molecule has 1 heterocycles. The summed E-state index contributed by atoms with van der Waals surface area (Å²) in [4.78, 5) is 0. The van der Waals surface area contributed by atoms with E-state index in [1.54, 1.807) is 18.2 Å². The van der Waals surface area contributed by atoms with Crippen LogP contribution in [0.1, 0.15) is 31.9 Å². The lowest BCUT2D eigenvalue weighted by molar-refractivity contribution is 0.0369. The minimum atomic E-state index is -0.751. The summed E-state index contributed by atoms with van der Waals surface area (Å²) in [6.45, 7) is 4.13. The highest BCUT2D eigenvalue weighted by Gasteiger charge is 2.40. The average molecular weight is 209 g/mol. The SMILES string of the molecule is CC1(C)C[C@@H](C(O)c2ccccc2F)N1. The zero-order valence-electron chi connectivity index (χ0n) is 9.00. The van der Waals surface area contributed by atoms with Crippen molar-refractivity contribution < 1.29 is 9.50 Å². The van der Waals surface area contributed by atoms with Crippen LogP contribution in [-0.2, 0) is 0 Å². The first-order valence-corrected chi connectivity index (χ1v) is 5.20. The molecular weight excluding hydrogens is 193 g/mol. The van der Waals surface area contributed by atoms with Crippen LogP contribution in [0.3, 0.4) is 0 Å². The maximum Gasteiger partial charge on any atom is 0.129 e. The summed E-state index contributed by atoms with van der Waals surface area (Å²) < 4.78 is 13.4. The molecule has 82 valence electrons. The Bertz CT molecular complexity index is 356. The van der Waals surface area contributed by atoms with Gasteiger partial charge in [-0.3, -0.25) is 0 Å². The van der Waals surface area contributed by atoms with Crippen molar-refractivity contribution in [2.45, 2.75) is 38.0 Å². The Labute approximate surface area is 89.1 Å². The van der Waals surface area contributed by atoms with Crippen LogP contribution < -0.4 is 5.32 Å². The molecule has 1 saturated heterocycles. The minimum absolute atomic E-state index is 0.0306. The van der Waals surface area contributed by atoms with Crippen molar-refractivity contribution in [3.63, 3.8) is 0 Å². The third-order valence-corrected chi connectivity index (χ3v) is 2.91. The van der Waals surface area contributed by atoms with Gasteiger partial charge in [0.1, 0.15) is 5.82 Å². The highest BCUT2D eigenvalue weighted by molar-refractivity contribution is 5.22. The van der Waals surface area contributed by atoms with E-state index in [9.17, 15) is 9.50 Å². The number of halogens is 1. The second kappa shape index (κ2) is 3.58. The summed E-state index contributed by atoms with van der Waals surface area (Å²) in [6.07, 6.45) is 0.113. The number of aliphatic hydroxyl groups excluding tert-OH is 1. The molecule has 1 aromatic carbocycles. The van der Waals surface area contributed by atoms with Gasteiger partial charge in [-0.2, -0.15) is 0 Å². The van der Waals surface area contributed by atoms with Crippen molar-refractivity contribution in [3.05, 3.63) is 35.6 Å². The van der Waals surface area contributed by atoms with Crippen LogP contribution in [0.15, 0.2) is 24.3 Å². The third kappa shape index (κ3) is 2.03. The fraction of sp³-hybridized carbons (Fsp3) is 0.500. The Morgan fingerprint density at radius 2 is 2.07 bits per heavy atom. The number of benzene rings is 1. The second-order valence-electron chi connectivity index (χ2n) is 4.81. The summed E-state index contributed by atoms with van der Waals surface area (Å²) >= 11 is 0. The topological polar surface area (TPSA) is 32.3 Å². The van der Waals surface area contributed by atoms with E-state index >= 15 is 0 Å². The second-order valence-corrected chi connectivity index (χ2v) is 4.81. The van der Waals surface area contributed by atoms with Crippen molar-refractivity contribution in [1.29, 1.82) is 0 Å². The molecule has 1 unspecified atom stereocenters. The molecule has 2 nitrogen and oxygen atoms in total. The van der Waals surface area contributed by atoms with Crippen molar-refractivity contribution in [2.24, 2.45) is 0 Å². The molecule has 1 aliphatic rings. The van der Waals surface area contributed by atoms with Gasteiger partial charge in [0, 0.05) is 17.1 Å². The molecule has 1 aromatic rings. The first-order chi connectivity index (χ1) is 6.99. The van der Waals surface area contributed by atoms with E-state index in [1.807, 2.05) is 0 Å². The van der Waals surface area contributed by atoms with Crippen LogP contribution in [0.5, 0.6) is 0 Å². The lowest BCUT2D eigenvalue weighted by atomic mass is 9.80. The first-order valence-electron chi connectivity index (χ1n) is 5.20. The molecule has 0 aliphatic carbocycles. The number of hydrogen-bond donors (Lipinski definition) is 2. The summed E-state index contributed by atoms with van der Waals surface area (Å²) in [7, 11) is 0. The van der Waals surface area contributed by atoms with Crippen LogP contribution in [0.4, 0.5) is 4.39 Å². The molecule has 0 saturated carbocycles. The Morgan fingerprint density at radius 3 is 2.60 bits per heavy atom. The molecule has 3 heteroatoms. The van der Waals surface area contributed by atoms with Crippen LogP contribution >= 0.6 is 0 Å². The number of rotatable bonds is 2. The third-order valence-electron chi connectivity index (χ3n) is 2.91. The number of nitrogens with one attached hydrogen (secondary N) is 1. The Balaban J connectivity index is 2.10. The van der Waals surface area contributed by atoms with Gasteiger partial charge in [0.25, 0.3) is 0 Å². The van der Waals surface area contributed by atoms with E-state index in [2.05, 4.69) is 19.2 Å². The Hall–Kier alpha value is -0.930. The molecule has 0 radical (unpaired) electrons. The molecule has 0 aromatic heterocycles. The van der Waals surface area contributed by atoms with E-state index in [0.29, 0.717) is 5.56 Å². The molecule has 2 N–H and O–H groups in total. The summed E-state index contributed by atoms with van der Waals surface area (Å²) in [5.41, 5.74) is 0.446. The molecule has 2 rings (SSSR count). The van der Waals surface area contributed by atoms with Crippen LogP contribution in [0, 0.1) is 5.82 Å². The van der Waals surface area contributed by atoms with Crippen LogP contribution in [0.25, 0.3) is 0 Å². The van der Waals surface area contributed by atoms with Crippen molar-refractivity contribution in [3.8, 4) is 0 Å². The Kier molecular flexibility index (Phi) is 2.52. The minimum Gasteiger partial charge on any atom is -0.387 e. The van der Waals surface area contributed by atoms with Gasteiger partial charge >= 0.3 is 0 Å². The molecule has 15 heavy (non-hydrogen) atoms. The Morgan fingerprint density at radius 1 is 1.47 bits per heavy atom. The zero-order chi connectivity index (χ0) is 11.1. The van der Waals surface area contributed by atoms with Crippen molar-refractivity contribution in [2.75, 3.05) is 0 Å². The zero-order valence-corrected chi connectivity index (χ0v) is 9.00. The van der Waals surface area contributed by atoms with Crippen molar-refractivity contribution in [1.82, 2.24) is 5.32 Å². The van der Waals surface area contributed by atoms with Gasteiger partial charge < -0.3 is 10.4 Å². The highest BCUT2D eigenvalue weighted by Crippen LogP contribution is 2.32. The van der Waals surface area contributed by atoms with Gasteiger partial charge in [0.05, 0.1) is 6.10 Å². The fourth-order valence-electron chi connectivity index (χ4n) is 2.15. The smallest absolute Gasteiger partial charge is 0.129 e. The van der Waals surface area contributed by atoms with Gasteiger partial charge in [-0.25, -0.2) is 4.39 Å². The maximum atomic E-state index is 13.4. The van der Waals surface area contributed by atoms with E-state index in [1.165, 1.54) is 6.07 Å². The summed E-state index contributed by atoms with van der Waals surface area (Å²) in [5.74, 6) is -0.337. The molecular formula is C12H16FNO. The van der Waals surface area contributed by atoms with Gasteiger partial charge in [-0.1, -0.05) is 18.2 Å². The van der Waals surface area contributed by atoms with Gasteiger partial charge in [-0.15, -0.1) is 0 Å². The predicted molar refractivity (Wildman–Crippen MR) is 57.0 cm³/mol. The van der Waals surface area contributed by atoms with Crippen LogP contribution in [-0.4, -0.2) is 16.7 Å². The molecule has 0 bridgehead atoms. The lowest BCUT2D eigenvalue weighted by Crippen LogP contribution is -2.62. The number of hydrogen-bond acceptors (Lipinski definition) is 2. The van der Waals surface area contributed by atoms with Crippen molar-refractivity contribution >= 4 is 0 Å². The van der Waals surface area contributed by atoms with E-state index in [0.717, 1.165) is 6.42 Å². The lowest BCUT2D eigenvalue weighted by Gasteiger charge is -2.46. The average Bonchev–Trinajstić information content (AvgIpc) is 2.14. The highest BCUT2D eigenvalue weighted by atomic mass is 19.1. The largest absolute Gasteiger partial charge is 0.387 e. The molecule has 2 atom stereocenters. The van der Waals surface area contributed by atoms with Crippen LogP contribution in [0.2, 0.25) is 0 Å². The van der Waals surface area contributed by atoms with E-state index in [-0.39, 0.29) is 17.4 Å². The van der Waals surface area contributed by atoms with E-state index in [4.69, 9.17) is 0 Å². The molecule has 0 spiro atoms. The standard InChI is InChI=1S/C12H16FNO/c1-12(2)7-10(14-12)11(15)8-5-3-4-6-9(8)13/h3-6,10-11,14-15H,7H2,1-2H3/t10-,11?/m0/s1. The quantitative estimate of drug-likeness (QED) is 0.780. The summed E-state index contributed by atoms with van der Waals surface area (Å²) in [6, 6.07) is 6.35. The predicted octanol–water partition coefficient (Wildman–Crippen LogP) is 2.00. The maximum absolute atomic E-state index is 13.4. The van der Waals surface area contributed by atoms with Gasteiger partial charge in [0.15, 0.2) is 0 Å². The normalized spacial score (nSPS) is 25.7.